The zero-order valence-corrected chi connectivity index (χ0v) is 20.8. The summed E-state index contributed by atoms with van der Waals surface area (Å²) >= 11 is 0. The first-order chi connectivity index (χ1) is 16.8. The van der Waals surface area contributed by atoms with Crippen LogP contribution in [0, 0.1) is 0 Å². The molecule has 0 aliphatic carbocycles. The van der Waals surface area contributed by atoms with Crippen molar-refractivity contribution in [2.75, 3.05) is 18.9 Å². The summed E-state index contributed by atoms with van der Waals surface area (Å²) < 4.78 is 0. The van der Waals surface area contributed by atoms with E-state index in [4.69, 9.17) is 5.73 Å². The molecule has 3 aromatic rings. The van der Waals surface area contributed by atoms with Crippen LogP contribution < -0.4 is 16.4 Å². The first-order valence-corrected chi connectivity index (χ1v) is 12.0. The van der Waals surface area contributed by atoms with Gasteiger partial charge >= 0.3 is 6.03 Å². The number of amides is 3. The van der Waals surface area contributed by atoms with Crippen molar-refractivity contribution in [2.45, 2.75) is 52.1 Å². The summed E-state index contributed by atoms with van der Waals surface area (Å²) in [6.07, 6.45) is 5.66. The molecule has 0 saturated heterocycles. The van der Waals surface area contributed by atoms with E-state index in [9.17, 15) is 14.7 Å². The quantitative estimate of drug-likeness (QED) is 0.333. The van der Waals surface area contributed by atoms with E-state index < -0.39 is 0 Å². The van der Waals surface area contributed by atoms with E-state index in [0.29, 0.717) is 18.9 Å². The third-order valence-electron chi connectivity index (χ3n) is 5.69. The molecule has 0 saturated carbocycles. The Morgan fingerprint density at radius 3 is 2.43 bits per heavy atom. The smallest absolute Gasteiger partial charge is 0.317 e. The summed E-state index contributed by atoms with van der Waals surface area (Å²) in [5.41, 5.74) is 6.22. The maximum absolute atomic E-state index is 12.2. The molecule has 0 radical (unpaired) electrons. The van der Waals surface area contributed by atoms with E-state index in [0.717, 1.165) is 42.0 Å². The van der Waals surface area contributed by atoms with E-state index in [1.165, 1.54) is 6.92 Å². The van der Waals surface area contributed by atoms with Gasteiger partial charge in [0.1, 0.15) is 11.6 Å². The Labute approximate surface area is 207 Å². The fraction of sp³-hybridized carbons (Fsp3) is 0.370. The van der Waals surface area contributed by atoms with E-state index in [1.807, 2.05) is 43.4 Å². The van der Waals surface area contributed by atoms with Gasteiger partial charge in [0.05, 0.1) is 0 Å². The summed E-state index contributed by atoms with van der Waals surface area (Å²) in [6.45, 7) is 4.57. The second-order valence-corrected chi connectivity index (χ2v) is 8.34. The van der Waals surface area contributed by atoms with Crippen molar-refractivity contribution in [3.8, 4) is 5.75 Å². The summed E-state index contributed by atoms with van der Waals surface area (Å²) in [5, 5.41) is 17.3. The van der Waals surface area contributed by atoms with Crippen molar-refractivity contribution in [3.63, 3.8) is 0 Å². The van der Waals surface area contributed by atoms with Gasteiger partial charge in [0, 0.05) is 43.7 Å². The fourth-order valence-electron chi connectivity index (χ4n) is 3.65. The Morgan fingerprint density at radius 2 is 1.77 bits per heavy atom. The highest BCUT2D eigenvalue weighted by Gasteiger charge is 2.17. The number of carbonyl (C=O) groups excluding carboxylic acids is 2. The predicted molar refractivity (Wildman–Crippen MR) is 141 cm³/mol. The number of anilines is 1. The zero-order chi connectivity index (χ0) is 25.6. The number of rotatable bonds is 9. The highest BCUT2D eigenvalue weighted by atomic mass is 16.3. The Balaban J connectivity index is 0.000000266. The predicted octanol–water partition coefficient (Wildman–Crippen LogP) is 4.63. The van der Waals surface area contributed by atoms with Gasteiger partial charge in [-0.25, -0.2) is 9.78 Å². The van der Waals surface area contributed by atoms with Crippen LogP contribution >= 0.6 is 0 Å². The van der Waals surface area contributed by atoms with Crippen LogP contribution in [0.25, 0.3) is 10.8 Å². The second-order valence-electron chi connectivity index (χ2n) is 8.34. The summed E-state index contributed by atoms with van der Waals surface area (Å²) in [6, 6.07) is 16.9. The summed E-state index contributed by atoms with van der Waals surface area (Å²) in [7, 11) is 1.82. The number of phenols is 1. The number of pyridine rings is 1. The Kier molecular flexibility index (Phi) is 11.5. The van der Waals surface area contributed by atoms with Crippen LogP contribution in [0.2, 0.25) is 0 Å². The van der Waals surface area contributed by atoms with Gasteiger partial charge in [0.15, 0.2) is 0 Å². The standard InChI is InChI=1S/C16H27N3O2.C11H10N2O/c1-3-14(9-6-7-11-17)19(2)16(21)18-12-13-8-4-5-10-15(13)20;1-8(14)13-11-6-9-4-2-3-5-10(9)7-12-11/h4-5,8,10,14,20H,3,6-7,9,11-12,17H2,1-2H3,(H,18,21);2-7H,1H3,(H,12,13,14). The third kappa shape index (κ3) is 9.25. The molecule has 5 N–H and O–H groups in total. The minimum Gasteiger partial charge on any atom is -0.508 e. The molecule has 3 rings (SSSR count). The van der Waals surface area contributed by atoms with Crippen LogP contribution in [-0.2, 0) is 11.3 Å². The lowest BCUT2D eigenvalue weighted by Gasteiger charge is -2.27. The first kappa shape index (κ1) is 27.6. The molecule has 0 spiro atoms. The molecule has 8 heteroatoms. The number of fused-ring (bicyclic) bond motifs is 1. The van der Waals surface area contributed by atoms with E-state index in [-0.39, 0.29) is 23.7 Å². The average Bonchev–Trinajstić information content (AvgIpc) is 2.85. The van der Waals surface area contributed by atoms with Crippen LogP contribution in [0.1, 0.15) is 45.1 Å². The molecule has 0 bridgehead atoms. The monoisotopic (exact) mass is 479 g/mol. The summed E-state index contributed by atoms with van der Waals surface area (Å²) in [4.78, 5) is 28.8. The SMILES string of the molecule is CC(=O)Nc1cc2ccccc2cn1.CCC(CCCCN)N(C)C(=O)NCc1ccccc1O. The molecule has 0 fully saturated rings. The van der Waals surface area contributed by atoms with Crippen LogP contribution in [0.5, 0.6) is 5.75 Å². The number of phenolic OH excluding ortho intramolecular Hbond substituents is 1. The molecule has 1 atom stereocenters. The molecule has 0 aliphatic rings. The number of carbonyl (C=O) groups is 2. The second kappa shape index (κ2) is 14.6. The van der Waals surface area contributed by atoms with Crippen LogP contribution in [0.15, 0.2) is 60.8 Å². The number of para-hydroxylation sites is 1. The first-order valence-electron chi connectivity index (χ1n) is 12.0. The van der Waals surface area contributed by atoms with Crippen LogP contribution in [0.3, 0.4) is 0 Å². The maximum atomic E-state index is 12.2. The highest BCUT2D eigenvalue weighted by molar-refractivity contribution is 5.91. The van der Waals surface area contributed by atoms with E-state index >= 15 is 0 Å². The molecule has 1 aromatic heterocycles. The third-order valence-corrected chi connectivity index (χ3v) is 5.69. The normalized spacial score (nSPS) is 11.2. The van der Waals surface area contributed by atoms with Crippen molar-refractivity contribution >= 4 is 28.5 Å². The fourth-order valence-corrected chi connectivity index (χ4v) is 3.65. The Hall–Kier alpha value is -3.65. The molecule has 0 aliphatic heterocycles. The van der Waals surface area contributed by atoms with Gasteiger partial charge in [0.2, 0.25) is 5.91 Å². The summed E-state index contributed by atoms with van der Waals surface area (Å²) in [5.74, 6) is 0.694. The number of nitrogens with two attached hydrogens (primary N) is 1. The zero-order valence-electron chi connectivity index (χ0n) is 20.8. The lowest BCUT2D eigenvalue weighted by Crippen LogP contribution is -2.43. The number of hydrogen-bond acceptors (Lipinski definition) is 5. The Morgan fingerprint density at radius 1 is 1.09 bits per heavy atom. The largest absolute Gasteiger partial charge is 0.508 e. The minimum absolute atomic E-state index is 0.104. The minimum atomic E-state index is -0.113. The number of aromatic nitrogens is 1. The molecule has 8 nitrogen and oxygen atoms in total. The van der Waals surface area contributed by atoms with Gasteiger partial charge in [-0.3, -0.25) is 4.79 Å². The molecule has 188 valence electrons. The molecule has 1 unspecified atom stereocenters. The van der Waals surface area contributed by atoms with Crippen molar-refractivity contribution in [1.29, 1.82) is 0 Å². The number of hydrogen-bond donors (Lipinski definition) is 4. The van der Waals surface area contributed by atoms with Crippen molar-refractivity contribution in [2.24, 2.45) is 5.73 Å². The van der Waals surface area contributed by atoms with Crippen LogP contribution in [-0.4, -0.2) is 46.6 Å². The number of urea groups is 1. The van der Waals surface area contributed by atoms with Crippen LogP contribution in [0.4, 0.5) is 10.6 Å². The lowest BCUT2D eigenvalue weighted by molar-refractivity contribution is -0.114. The van der Waals surface area contributed by atoms with Gasteiger partial charge in [-0.05, 0) is 43.3 Å². The van der Waals surface area contributed by atoms with Crippen molar-refractivity contribution < 1.29 is 14.7 Å². The molecule has 35 heavy (non-hydrogen) atoms. The number of nitrogens with one attached hydrogen (secondary N) is 2. The molecule has 1 heterocycles. The molecular weight excluding hydrogens is 442 g/mol. The number of nitrogens with zero attached hydrogens (tertiary/aromatic N) is 2. The lowest BCUT2D eigenvalue weighted by atomic mass is 10.1. The van der Waals surface area contributed by atoms with E-state index in [1.54, 1.807) is 29.3 Å². The van der Waals surface area contributed by atoms with E-state index in [2.05, 4.69) is 22.5 Å². The molecule has 3 amide bonds. The highest BCUT2D eigenvalue weighted by Crippen LogP contribution is 2.17. The maximum Gasteiger partial charge on any atom is 0.317 e. The molecule has 2 aromatic carbocycles. The molecular formula is C27H37N5O3. The number of unbranched alkanes of at least 4 members (excludes halogenated alkanes) is 1. The van der Waals surface area contributed by atoms with Gasteiger partial charge < -0.3 is 26.4 Å². The number of aromatic hydroxyl groups is 1. The topological polar surface area (TPSA) is 121 Å². The average molecular weight is 480 g/mol. The van der Waals surface area contributed by atoms with Crippen molar-refractivity contribution in [3.05, 3.63) is 66.4 Å². The van der Waals surface area contributed by atoms with Gasteiger partial charge in [0.25, 0.3) is 0 Å². The van der Waals surface area contributed by atoms with Gasteiger partial charge in [-0.1, -0.05) is 55.8 Å². The van der Waals surface area contributed by atoms with Gasteiger partial charge in [-0.15, -0.1) is 0 Å². The van der Waals surface area contributed by atoms with Gasteiger partial charge in [-0.2, -0.15) is 0 Å². The van der Waals surface area contributed by atoms with Crippen molar-refractivity contribution in [1.82, 2.24) is 15.2 Å². The number of benzene rings is 2. The Bertz CT molecular complexity index is 1090.